The second-order valence-corrected chi connectivity index (χ2v) is 10.4. The van der Waals surface area contributed by atoms with Gasteiger partial charge in [-0.3, -0.25) is 4.68 Å². The van der Waals surface area contributed by atoms with E-state index in [9.17, 15) is 9.59 Å². The first kappa shape index (κ1) is 26.3. The highest BCUT2D eigenvalue weighted by Crippen LogP contribution is 2.33. The summed E-state index contributed by atoms with van der Waals surface area (Å²) in [7, 11) is 1.84. The summed E-state index contributed by atoms with van der Waals surface area (Å²) in [6.07, 6.45) is 3.11. The van der Waals surface area contributed by atoms with Gasteiger partial charge in [-0.1, -0.05) is 11.6 Å². The largest absolute Gasteiger partial charge is 0.491 e. The number of carbonyl (C=O) groups is 2. The van der Waals surface area contributed by atoms with Crippen molar-refractivity contribution in [1.82, 2.24) is 14.7 Å². The number of aryl methyl sites for hydroxylation is 1. The normalized spacial score (nSPS) is 15.4. The fraction of sp³-hybridized carbons (Fsp3) is 0.370. The second-order valence-electron chi connectivity index (χ2n) is 9.92. The zero-order valence-electron chi connectivity index (χ0n) is 21.5. The van der Waals surface area contributed by atoms with Gasteiger partial charge in [-0.25, -0.2) is 9.59 Å². The maximum absolute atomic E-state index is 12.7. The van der Waals surface area contributed by atoms with E-state index < -0.39 is 5.60 Å². The Bertz CT molecular complexity index is 1250. The molecule has 0 saturated carbocycles. The van der Waals surface area contributed by atoms with Gasteiger partial charge in [0, 0.05) is 41.8 Å². The van der Waals surface area contributed by atoms with Crippen LogP contribution in [-0.4, -0.2) is 51.6 Å². The summed E-state index contributed by atoms with van der Waals surface area (Å²) in [5.41, 5.74) is 2.25. The Hall–Kier alpha value is -3.72. The average molecular weight is 526 g/mol. The standard InChI is InChI=1S/C27H32ClN5O4/c1-27(2,3)37-26(35)33-15-5-6-21(33)17-36-24-12-11-20(16-22(24)23-13-14-29-32(23)4)31-25(34)30-19-9-7-18(28)8-10-19/h7-14,16,21H,5-6,15,17H2,1-4H3,(H2,30,31,34)/t21-/m1/s1. The predicted molar refractivity (Wildman–Crippen MR) is 144 cm³/mol. The molecule has 1 atom stereocenters. The molecule has 37 heavy (non-hydrogen) atoms. The number of hydrogen-bond acceptors (Lipinski definition) is 5. The number of anilines is 2. The number of amides is 3. The Balaban J connectivity index is 1.49. The molecule has 1 fully saturated rings. The molecule has 1 aliphatic heterocycles. The minimum atomic E-state index is -0.555. The van der Waals surface area contributed by atoms with Crippen LogP contribution in [0.3, 0.4) is 0 Å². The SMILES string of the molecule is Cn1nccc1-c1cc(NC(=O)Nc2ccc(Cl)cc2)ccc1OC[C@H]1CCCN1C(=O)OC(C)(C)C. The van der Waals surface area contributed by atoms with Crippen LogP contribution < -0.4 is 15.4 Å². The molecule has 1 aliphatic rings. The van der Waals surface area contributed by atoms with Crippen LogP contribution in [0.2, 0.25) is 5.02 Å². The van der Waals surface area contributed by atoms with Crippen LogP contribution in [0.15, 0.2) is 54.7 Å². The molecule has 1 saturated heterocycles. The molecule has 2 heterocycles. The average Bonchev–Trinajstić information content (AvgIpc) is 3.47. The van der Waals surface area contributed by atoms with Gasteiger partial charge >= 0.3 is 12.1 Å². The summed E-state index contributed by atoms with van der Waals surface area (Å²) in [6.45, 7) is 6.55. The molecule has 2 N–H and O–H groups in total. The van der Waals surface area contributed by atoms with Gasteiger partial charge in [0.2, 0.25) is 0 Å². The lowest BCUT2D eigenvalue weighted by atomic mass is 10.1. The van der Waals surface area contributed by atoms with Crippen LogP contribution in [0.25, 0.3) is 11.3 Å². The second kappa shape index (κ2) is 11.1. The van der Waals surface area contributed by atoms with E-state index in [2.05, 4.69) is 15.7 Å². The highest BCUT2D eigenvalue weighted by atomic mass is 35.5. The molecule has 10 heteroatoms. The van der Waals surface area contributed by atoms with Crippen LogP contribution in [0, 0.1) is 0 Å². The molecule has 0 aliphatic carbocycles. The van der Waals surface area contributed by atoms with E-state index in [1.807, 2.05) is 46.0 Å². The van der Waals surface area contributed by atoms with Crippen LogP contribution in [0.4, 0.5) is 21.0 Å². The van der Waals surface area contributed by atoms with Gasteiger partial charge in [0.25, 0.3) is 0 Å². The highest BCUT2D eigenvalue weighted by molar-refractivity contribution is 6.30. The highest BCUT2D eigenvalue weighted by Gasteiger charge is 2.32. The van der Waals surface area contributed by atoms with E-state index in [4.69, 9.17) is 21.1 Å². The lowest BCUT2D eigenvalue weighted by Crippen LogP contribution is -2.42. The van der Waals surface area contributed by atoms with E-state index in [0.717, 1.165) is 24.1 Å². The lowest BCUT2D eigenvalue weighted by Gasteiger charge is -2.28. The van der Waals surface area contributed by atoms with Crippen LogP contribution in [-0.2, 0) is 11.8 Å². The molecule has 4 rings (SSSR count). The Kier molecular flexibility index (Phi) is 7.92. The molecule has 0 unspecified atom stereocenters. The summed E-state index contributed by atoms with van der Waals surface area (Å²) >= 11 is 5.91. The van der Waals surface area contributed by atoms with Gasteiger partial charge in [-0.05, 0) is 82.1 Å². The Labute approximate surface area is 221 Å². The number of likely N-dealkylation sites (tertiary alicyclic amines) is 1. The number of halogens is 1. The maximum Gasteiger partial charge on any atom is 0.410 e. The molecular weight excluding hydrogens is 494 g/mol. The number of aromatic nitrogens is 2. The van der Waals surface area contributed by atoms with Crippen molar-refractivity contribution >= 4 is 35.1 Å². The van der Waals surface area contributed by atoms with Crippen molar-refractivity contribution in [1.29, 1.82) is 0 Å². The fourth-order valence-electron chi connectivity index (χ4n) is 4.15. The molecule has 3 amide bonds. The van der Waals surface area contributed by atoms with E-state index in [-0.39, 0.29) is 18.2 Å². The summed E-state index contributed by atoms with van der Waals surface area (Å²) < 4.78 is 13.6. The van der Waals surface area contributed by atoms with Gasteiger partial charge in [0.15, 0.2) is 0 Å². The molecular formula is C27H32ClN5O4. The number of hydrogen-bond donors (Lipinski definition) is 2. The number of nitrogens with zero attached hydrogens (tertiary/aromatic N) is 3. The zero-order chi connectivity index (χ0) is 26.6. The lowest BCUT2D eigenvalue weighted by molar-refractivity contribution is 0.0187. The Morgan fingerprint density at radius 3 is 2.46 bits per heavy atom. The van der Waals surface area contributed by atoms with Crippen molar-refractivity contribution < 1.29 is 19.1 Å². The predicted octanol–water partition coefficient (Wildman–Crippen LogP) is 6.16. The minimum absolute atomic E-state index is 0.0859. The fourth-order valence-corrected chi connectivity index (χ4v) is 4.28. The first-order valence-corrected chi connectivity index (χ1v) is 12.6. The molecule has 0 spiro atoms. The third-order valence-corrected chi connectivity index (χ3v) is 6.12. The first-order valence-electron chi connectivity index (χ1n) is 12.2. The monoisotopic (exact) mass is 525 g/mol. The van der Waals surface area contributed by atoms with Gasteiger partial charge in [-0.2, -0.15) is 5.10 Å². The smallest absolute Gasteiger partial charge is 0.410 e. The minimum Gasteiger partial charge on any atom is -0.491 e. The molecule has 0 bridgehead atoms. The quantitative estimate of drug-likeness (QED) is 0.401. The summed E-state index contributed by atoms with van der Waals surface area (Å²) in [6, 6.07) is 13.7. The van der Waals surface area contributed by atoms with Gasteiger partial charge in [-0.15, -0.1) is 0 Å². The third-order valence-electron chi connectivity index (χ3n) is 5.87. The van der Waals surface area contributed by atoms with E-state index in [0.29, 0.717) is 35.3 Å². The number of carbonyl (C=O) groups excluding carboxylic acids is 2. The summed E-state index contributed by atoms with van der Waals surface area (Å²) in [4.78, 5) is 27.0. The third kappa shape index (κ3) is 6.95. The molecule has 0 radical (unpaired) electrons. The number of ether oxygens (including phenoxy) is 2. The summed E-state index contributed by atoms with van der Waals surface area (Å²) in [5.74, 6) is 0.628. The first-order chi connectivity index (χ1) is 17.6. The van der Waals surface area contributed by atoms with Crippen molar-refractivity contribution in [3.63, 3.8) is 0 Å². The van der Waals surface area contributed by atoms with Gasteiger partial charge in [0.05, 0.1) is 11.7 Å². The number of nitrogens with one attached hydrogen (secondary N) is 2. The number of rotatable bonds is 6. The van der Waals surface area contributed by atoms with Crippen molar-refractivity contribution in [2.24, 2.45) is 7.05 Å². The Morgan fingerprint density at radius 2 is 1.78 bits per heavy atom. The molecule has 9 nitrogen and oxygen atoms in total. The molecule has 196 valence electrons. The zero-order valence-corrected chi connectivity index (χ0v) is 22.2. The Morgan fingerprint density at radius 1 is 1.08 bits per heavy atom. The van der Waals surface area contributed by atoms with E-state index in [1.54, 1.807) is 46.1 Å². The van der Waals surface area contributed by atoms with Crippen molar-refractivity contribution in [3.8, 4) is 17.0 Å². The van der Waals surface area contributed by atoms with Crippen LogP contribution >= 0.6 is 11.6 Å². The van der Waals surface area contributed by atoms with Crippen molar-refractivity contribution in [3.05, 3.63) is 59.8 Å². The van der Waals surface area contributed by atoms with Crippen LogP contribution in [0.5, 0.6) is 5.75 Å². The maximum atomic E-state index is 12.7. The van der Waals surface area contributed by atoms with Crippen molar-refractivity contribution in [2.75, 3.05) is 23.8 Å². The van der Waals surface area contributed by atoms with Crippen LogP contribution in [0.1, 0.15) is 33.6 Å². The van der Waals surface area contributed by atoms with E-state index in [1.165, 1.54) is 0 Å². The molecule has 2 aromatic carbocycles. The number of benzene rings is 2. The van der Waals surface area contributed by atoms with E-state index >= 15 is 0 Å². The van der Waals surface area contributed by atoms with Crippen molar-refractivity contribution in [2.45, 2.75) is 45.3 Å². The topological polar surface area (TPSA) is 97.7 Å². The summed E-state index contributed by atoms with van der Waals surface area (Å²) in [5, 5.41) is 10.5. The number of urea groups is 1. The van der Waals surface area contributed by atoms with Gasteiger partial charge in [0.1, 0.15) is 18.0 Å². The molecule has 3 aromatic rings. The van der Waals surface area contributed by atoms with Gasteiger partial charge < -0.3 is 25.0 Å². The molecule has 1 aromatic heterocycles.